The normalized spacial score (nSPS) is 12.2. The number of ether oxygens (including phenoxy) is 2. The molecule has 0 spiro atoms. The number of rotatable bonds is 6. The molecule has 1 rings (SSSR count). The minimum absolute atomic E-state index is 0.0831. The predicted molar refractivity (Wildman–Crippen MR) is 66.0 cm³/mol. The molecule has 0 amide bonds. The zero-order chi connectivity index (χ0) is 12.0. The van der Waals surface area contributed by atoms with E-state index in [0.29, 0.717) is 0 Å². The molecule has 0 aliphatic carbocycles. The maximum absolute atomic E-state index is 6.10. The summed E-state index contributed by atoms with van der Waals surface area (Å²) in [4.78, 5) is 0. The Balaban J connectivity index is 2.81. The maximum atomic E-state index is 6.10. The second kappa shape index (κ2) is 6.38. The summed E-state index contributed by atoms with van der Waals surface area (Å²) in [5.41, 5.74) is 7.20. The average Bonchev–Trinajstić information content (AvgIpc) is 2.34. The first-order chi connectivity index (χ1) is 7.72. The van der Waals surface area contributed by atoms with Crippen LogP contribution in [0.2, 0.25) is 0 Å². The molecule has 2 N–H and O–H groups in total. The van der Waals surface area contributed by atoms with Crippen LogP contribution < -0.4 is 15.2 Å². The molecule has 0 aliphatic heterocycles. The predicted octanol–water partition coefficient (Wildman–Crippen LogP) is 2.89. The van der Waals surface area contributed by atoms with Crippen molar-refractivity contribution in [1.82, 2.24) is 0 Å². The lowest BCUT2D eigenvalue weighted by atomic mass is 10.0. The Morgan fingerprint density at radius 1 is 1.19 bits per heavy atom. The van der Waals surface area contributed by atoms with Crippen LogP contribution in [0, 0.1) is 0 Å². The SMILES string of the molecule is CCCC[C@@H](N)c1ccc(OC)c(OC)c1. The molecule has 1 aromatic rings. The van der Waals surface area contributed by atoms with Crippen LogP contribution in [-0.2, 0) is 0 Å². The molecule has 0 aromatic heterocycles. The third-order valence-electron chi connectivity index (χ3n) is 2.70. The molecular formula is C13H21NO2. The lowest BCUT2D eigenvalue weighted by Gasteiger charge is -2.14. The van der Waals surface area contributed by atoms with Crippen molar-refractivity contribution in [2.24, 2.45) is 5.73 Å². The van der Waals surface area contributed by atoms with Gasteiger partial charge >= 0.3 is 0 Å². The third kappa shape index (κ3) is 3.14. The zero-order valence-electron chi connectivity index (χ0n) is 10.3. The zero-order valence-corrected chi connectivity index (χ0v) is 10.3. The van der Waals surface area contributed by atoms with Gasteiger partial charge < -0.3 is 15.2 Å². The molecule has 1 atom stereocenters. The van der Waals surface area contributed by atoms with Gasteiger partial charge in [-0.25, -0.2) is 0 Å². The summed E-state index contributed by atoms with van der Waals surface area (Å²) in [6.45, 7) is 2.17. The van der Waals surface area contributed by atoms with Gasteiger partial charge in [-0.15, -0.1) is 0 Å². The topological polar surface area (TPSA) is 44.5 Å². The highest BCUT2D eigenvalue weighted by atomic mass is 16.5. The average molecular weight is 223 g/mol. The van der Waals surface area contributed by atoms with E-state index in [9.17, 15) is 0 Å². The minimum Gasteiger partial charge on any atom is -0.493 e. The Labute approximate surface area is 97.6 Å². The van der Waals surface area contributed by atoms with E-state index >= 15 is 0 Å². The van der Waals surface area contributed by atoms with Crippen molar-refractivity contribution in [3.8, 4) is 11.5 Å². The molecule has 0 radical (unpaired) electrons. The number of unbranched alkanes of at least 4 members (excludes halogenated alkanes) is 1. The molecule has 1 aromatic carbocycles. The van der Waals surface area contributed by atoms with Gasteiger partial charge in [0.2, 0.25) is 0 Å². The Kier molecular flexibility index (Phi) is 5.12. The maximum Gasteiger partial charge on any atom is 0.161 e. The van der Waals surface area contributed by atoms with Gasteiger partial charge in [0.25, 0.3) is 0 Å². The Bertz CT molecular complexity index is 326. The molecule has 90 valence electrons. The lowest BCUT2D eigenvalue weighted by Crippen LogP contribution is -2.10. The molecule has 0 heterocycles. The fourth-order valence-electron chi connectivity index (χ4n) is 1.67. The van der Waals surface area contributed by atoms with Crippen LogP contribution in [0.15, 0.2) is 18.2 Å². The monoisotopic (exact) mass is 223 g/mol. The number of nitrogens with two attached hydrogens (primary N) is 1. The van der Waals surface area contributed by atoms with Crippen molar-refractivity contribution in [1.29, 1.82) is 0 Å². The summed E-state index contributed by atoms with van der Waals surface area (Å²) in [5, 5.41) is 0. The fourth-order valence-corrected chi connectivity index (χ4v) is 1.67. The third-order valence-corrected chi connectivity index (χ3v) is 2.70. The van der Waals surface area contributed by atoms with E-state index in [2.05, 4.69) is 6.92 Å². The Morgan fingerprint density at radius 3 is 2.44 bits per heavy atom. The van der Waals surface area contributed by atoms with Crippen molar-refractivity contribution in [2.45, 2.75) is 32.2 Å². The first-order valence-corrected chi connectivity index (χ1v) is 5.70. The molecular weight excluding hydrogens is 202 g/mol. The van der Waals surface area contributed by atoms with Gasteiger partial charge in [-0.05, 0) is 24.1 Å². The van der Waals surface area contributed by atoms with Crippen LogP contribution in [0.1, 0.15) is 37.8 Å². The van der Waals surface area contributed by atoms with E-state index in [4.69, 9.17) is 15.2 Å². The number of hydrogen-bond acceptors (Lipinski definition) is 3. The van der Waals surface area contributed by atoms with E-state index < -0.39 is 0 Å². The number of benzene rings is 1. The van der Waals surface area contributed by atoms with E-state index in [1.54, 1.807) is 14.2 Å². The first-order valence-electron chi connectivity index (χ1n) is 5.70. The second-order valence-electron chi connectivity index (χ2n) is 3.86. The highest BCUT2D eigenvalue weighted by Crippen LogP contribution is 2.30. The summed E-state index contributed by atoms with van der Waals surface area (Å²) in [6, 6.07) is 5.95. The van der Waals surface area contributed by atoms with Crippen LogP contribution in [0.3, 0.4) is 0 Å². The molecule has 0 unspecified atom stereocenters. The van der Waals surface area contributed by atoms with Gasteiger partial charge in [0.1, 0.15) is 0 Å². The summed E-state index contributed by atoms with van der Waals surface area (Å²) in [7, 11) is 3.27. The molecule has 16 heavy (non-hydrogen) atoms. The van der Waals surface area contributed by atoms with Gasteiger partial charge in [-0.3, -0.25) is 0 Å². The van der Waals surface area contributed by atoms with Crippen molar-refractivity contribution >= 4 is 0 Å². The van der Waals surface area contributed by atoms with Crippen molar-refractivity contribution in [3.63, 3.8) is 0 Å². The van der Waals surface area contributed by atoms with Gasteiger partial charge in [0, 0.05) is 6.04 Å². The van der Waals surface area contributed by atoms with Crippen LogP contribution in [0.4, 0.5) is 0 Å². The lowest BCUT2D eigenvalue weighted by molar-refractivity contribution is 0.354. The largest absolute Gasteiger partial charge is 0.493 e. The molecule has 0 bridgehead atoms. The highest BCUT2D eigenvalue weighted by molar-refractivity contribution is 5.43. The molecule has 0 fully saturated rings. The van der Waals surface area contributed by atoms with Crippen molar-refractivity contribution in [2.75, 3.05) is 14.2 Å². The first kappa shape index (κ1) is 12.8. The van der Waals surface area contributed by atoms with E-state index in [1.165, 1.54) is 6.42 Å². The smallest absolute Gasteiger partial charge is 0.161 e. The van der Waals surface area contributed by atoms with Crippen molar-refractivity contribution in [3.05, 3.63) is 23.8 Å². The van der Waals surface area contributed by atoms with E-state index in [0.717, 1.165) is 29.9 Å². The summed E-state index contributed by atoms with van der Waals surface area (Å²) >= 11 is 0. The quantitative estimate of drug-likeness (QED) is 0.806. The molecule has 3 heteroatoms. The summed E-state index contributed by atoms with van der Waals surface area (Å²) in [6.07, 6.45) is 3.32. The van der Waals surface area contributed by atoms with Gasteiger partial charge in [-0.2, -0.15) is 0 Å². The van der Waals surface area contributed by atoms with Gasteiger partial charge in [-0.1, -0.05) is 25.8 Å². The van der Waals surface area contributed by atoms with Gasteiger partial charge in [0.15, 0.2) is 11.5 Å². The summed E-state index contributed by atoms with van der Waals surface area (Å²) in [5.74, 6) is 1.49. The van der Waals surface area contributed by atoms with E-state index in [1.807, 2.05) is 18.2 Å². The fraction of sp³-hybridized carbons (Fsp3) is 0.538. The van der Waals surface area contributed by atoms with Crippen LogP contribution in [0.5, 0.6) is 11.5 Å². The van der Waals surface area contributed by atoms with Crippen LogP contribution >= 0.6 is 0 Å². The molecule has 0 aliphatic rings. The summed E-state index contributed by atoms with van der Waals surface area (Å²) < 4.78 is 10.4. The van der Waals surface area contributed by atoms with Crippen molar-refractivity contribution < 1.29 is 9.47 Å². The van der Waals surface area contributed by atoms with Crippen LogP contribution in [0.25, 0.3) is 0 Å². The second-order valence-corrected chi connectivity index (χ2v) is 3.86. The van der Waals surface area contributed by atoms with Crippen LogP contribution in [-0.4, -0.2) is 14.2 Å². The van der Waals surface area contributed by atoms with Gasteiger partial charge in [0.05, 0.1) is 14.2 Å². The molecule has 3 nitrogen and oxygen atoms in total. The molecule has 0 saturated carbocycles. The molecule has 0 saturated heterocycles. The minimum atomic E-state index is 0.0831. The Morgan fingerprint density at radius 2 is 1.88 bits per heavy atom. The highest BCUT2D eigenvalue weighted by Gasteiger charge is 2.09. The Hall–Kier alpha value is -1.22. The number of hydrogen-bond donors (Lipinski definition) is 1. The van der Waals surface area contributed by atoms with E-state index in [-0.39, 0.29) is 6.04 Å². The standard InChI is InChI=1S/C13H21NO2/c1-4-5-6-11(14)10-7-8-12(15-2)13(9-10)16-3/h7-9,11H,4-6,14H2,1-3H3/t11-/m1/s1. The number of methoxy groups -OCH3 is 2.